The maximum atomic E-state index is 4.98. The molecule has 0 bridgehead atoms. The second-order valence-corrected chi connectivity index (χ2v) is 3.64. The molecule has 12 heavy (non-hydrogen) atoms. The summed E-state index contributed by atoms with van der Waals surface area (Å²) in [6.07, 6.45) is 8.13. The lowest BCUT2D eigenvalue weighted by atomic mass is 10.1. The van der Waals surface area contributed by atoms with Crippen molar-refractivity contribution < 1.29 is 0 Å². The Morgan fingerprint density at radius 3 is 3.00 bits per heavy atom. The summed E-state index contributed by atoms with van der Waals surface area (Å²) >= 11 is 4.98. The first-order chi connectivity index (χ1) is 5.86. The molecule has 1 N–H and O–H groups in total. The number of aryl methyl sites for hydroxylation is 2. The van der Waals surface area contributed by atoms with Crippen molar-refractivity contribution in [3.8, 4) is 0 Å². The lowest BCUT2D eigenvalue weighted by Gasteiger charge is -2.02. The molecule has 3 heteroatoms. The molecule has 0 spiro atoms. The topological polar surface area (TPSA) is 28.7 Å². The molecule has 0 atom stereocenters. The average molecular weight is 180 g/mol. The van der Waals surface area contributed by atoms with Crippen molar-refractivity contribution in [1.29, 1.82) is 0 Å². The molecule has 1 aromatic rings. The molecule has 2 rings (SSSR count). The molecule has 0 radical (unpaired) electrons. The van der Waals surface area contributed by atoms with Gasteiger partial charge in [-0.2, -0.15) is 0 Å². The molecule has 1 aliphatic rings. The highest BCUT2D eigenvalue weighted by Gasteiger charge is 2.07. The Bertz CT molecular complexity index is 330. The van der Waals surface area contributed by atoms with E-state index >= 15 is 0 Å². The predicted molar refractivity (Wildman–Crippen MR) is 50.7 cm³/mol. The first-order valence-corrected chi connectivity index (χ1v) is 4.84. The molecule has 0 unspecified atom stereocenters. The summed E-state index contributed by atoms with van der Waals surface area (Å²) in [7, 11) is 0. The smallest absolute Gasteiger partial charge is 0.196 e. The zero-order valence-corrected chi connectivity index (χ0v) is 7.78. The molecule has 0 amide bonds. The summed E-state index contributed by atoms with van der Waals surface area (Å²) in [5.41, 5.74) is 2.67. The fourth-order valence-electron chi connectivity index (χ4n) is 1.69. The molecule has 0 aliphatic heterocycles. The van der Waals surface area contributed by atoms with E-state index in [-0.39, 0.29) is 0 Å². The van der Waals surface area contributed by atoms with E-state index in [1.807, 2.05) is 6.20 Å². The van der Waals surface area contributed by atoms with Gasteiger partial charge in [0.2, 0.25) is 0 Å². The van der Waals surface area contributed by atoms with E-state index < -0.39 is 0 Å². The van der Waals surface area contributed by atoms with Gasteiger partial charge in [-0.1, -0.05) is 6.42 Å². The second kappa shape index (κ2) is 3.35. The van der Waals surface area contributed by atoms with Gasteiger partial charge in [0.15, 0.2) is 4.77 Å². The van der Waals surface area contributed by atoms with Gasteiger partial charge in [0.05, 0.1) is 0 Å². The molecule has 1 aliphatic carbocycles. The van der Waals surface area contributed by atoms with Crippen LogP contribution in [0, 0.1) is 4.77 Å². The van der Waals surface area contributed by atoms with Crippen molar-refractivity contribution in [2.24, 2.45) is 0 Å². The van der Waals surface area contributed by atoms with Crippen LogP contribution >= 0.6 is 12.2 Å². The summed E-state index contributed by atoms with van der Waals surface area (Å²) in [6, 6.07) is 0. The standard InChI is InChI=1S/C9H12N2S/c12-9-10-6-7-4-2-1-3-5-8(7)11-9/h6H,1-5H2,(H,10,11,12). The van der Waals surface area contributed by atoms with Gasteiger partial charge in [-0.15, -0.1) is 0 Å². The van der Waals surface area contributed by atoms with Gasteiger partial charge in [-0.05, 0) is 43.5 Å². The number of aromatic amines is 1. The van der Waals surface area contributed by atoms with Crippen LogP contribution in [0.1, 0.15) is 30.5 Å². The second-order valence-electron chi connectivity index (χ2n) is 3.25. The van der Waals surface area contributed by atoms with Crippen molar-refractivity contribution >= 4 is 12.2 Å². The lowest BCUT2D eigenvalue weighted by molar-refractivity contribution is 0.708. The number of rotatable bonds is 0. The van der Waals surface area contributed by atoms with Gasteiger partial charge < -0.3 is 4.98 Å². The van der Waals surface area contributed by atoms with Crippen molar-refractivity contribution in [2.75, 3.05) is 0 Å². The largest absolute Gasteiger partial charge is 0.334 e. The Labute approximate surface area is 77.0 Å². The van der Waals surface area contributed by atoms with Crippen LogP contribution in [0.15, 0.2) is 6.20 Å². The number of H-pyrrole nitrogens is 1. The Balaban J connectivity index is 2.43. The molecule has 0 aromatic carbocycles. The van der Waals surface area contributed by atoms with Gasteiger partial charge >= 0.3 is 0 Å². The quantitative estimate of drug-likeness (QED) is 0.490. The van der Waals surface area contributed by atoms with Crippen LogP contribution < -0.4 is 0 Å². The minimum absolute atomic E-state index is 0.621. The molecule has 2 nitrogen and oxygen atoms in total. The van der Waals surface area contributed by atoms with Gasteiger partial charge in [-0.25, -0.2) is 4.98 Å². The molecule has 1 aromatic heterocycles. The van der Waals surface area contributed by atoms with Gasteiger partial charge in [0.1, 0.15) is 0 Å². The fraction of sp³-hybridized carbons (Fsp3) is 0.556. The maximum absolute atomic E-state index is 4.98. The van der Waals surface area contributed by atoms with Crippen LogP contribution in [0.3, 0.4) is 0 Å². The van der Waals surface area contributed by atoms with Crippen molar-refractivity contribution in [1.82, 2.24) is 9.97 Å². The van der Waals surface area contributed by atoms with E-state index in [0.717, 1.165) is 12.8 Å². The number of hydrogen-bond donors (Lipinski definition) is 1. The zero-order chi connectivity index (χ0) is 8.39. The fourth-order valence-corrected chi connectivity index (χ4v) is 1.86. The molecular formula is C9H12N2S. The molecule has 1 heterocycles. The van der Waals surface area contributed by atoms with E-state index in [4.69, 9.17) is 12.2 Å². The minimum atomic E-state index is 0.621. The third kappa shape index (κ3) is 1.55. The number of nitrogens with zero attached hydrogens (tertiary/aromatic N) is 1. The Kier molecular flexibility index (Phi) is 2.21. The van der Waals surface area contributed by atoms with Gasteiger partial charge in [0.25, 0.3) is 0 Å². The summed E-state index contributed by atoms with van der Waals surface area (Å²) in [5.74, 6) is 0. The maximum Gasteiger partial charge on any atom is 0.196 e. The Hall–Kier alpha value is -0.700. The normalized spacial score (nSPS) is 16.7. The van der Waals surface area contributed by atoms with Crippen LogP contribution in [-0.4, -0.2) is 9.97 Å². The first-order valence-electron chi connectivity index (χ1n) is 4.43. The number of hydrogen-bond acceptors (Lipinski definition) is 2. The van der Waals surface area contributed by atoms with E-state index in [9.17, 15) is 0 Å². The van der Waals surface area contributed by atoms with E-state index in [0.29, 0.717) is 4.77 Å². The number of nitrogens with one attached hydrogen (secondary N) is 1. The van der Waals surface area contributed by atoms with Crippen molar-refractivity contribution in [2.45, 2.75) is 32.1 Å². The predicted octanol–water partition coefficient (Wildman–Crippen LogP) is 2.41. The third-order valence-corrected chi connectivity index (χ3v) is 2.56. The van der Waals surface area contributed by atoms with Crippen LogP contribution in [0.5, 0.6) is 0 Å². The summed E-state index contributed by atoms with van der Waals surface area (Å²) in [5, 5.41) is 0. The van der Waals surface area contributed by atoms with Gasteiger partial charge in [-0.3, -0.25) is 0 Å². The highest BCUT2D eigenvalue weighted by Crippen LogP contribution is 2.17. The van der Waals surface area contributed by atoms with Crippen LogP contribution in [0.2, 0.25) is 0 Å². The molecular weight excluding hydrogens is 168 g/mol. The number of fused-ring (bicyclic) bond motifs is 1. The van der Waals surface area contributed by atoms with Crippen LogP contribution in [0.4, 0.5) is 0 Å². The van der Waals surface area contributed by atoms with E-state index in [2.05, 4.69) is 9.97 Å². The Morgan fingerprint density at radius 1 is 1.25 bits per heavy atom. The molecule has 0 saturated heterocycles. The van der Waals surface area contributed by atoms with Crippen LogP contribution in [0.25, 0.3) is 0 Å². The third-order valence-electron chi connectivity index (χ3n) is 2.36. The summed E-state index contributed by atoms with van der Waals surface area (Å²) < 4.78 is 0.621. The van der Waals surface area contributed by atoms with E-state index in [1.165, 1.54) is 30.5 Å². The molecule has 64 valence electrons. The first kappa shape index (κ1) is 7.92. The summed E-state index contributed by atoms with van der Waals surface area (Å²) in [4.78, 5) is 7.26. The van der Waals surface area contributed by atoms with Gasteiger partial charge in [0, 0.05) is 11.9 Å². The molecule has 0 saturated carbocycles. The SMILES string of the molecule is S=c1ncc2c([nH]1)CCCCC2. The lowest BCUT2D eigenvalue weighted by Crippen LogP contribution is -1.96. The highest BCUT2D eigenvalue weighted by atomic mass is 32.1. The minimum Gasteiger partial charge on any atom is -0.334 e. The zero-order valence-electron chi connectivity index (χ0n) is 6.97. The Morgan fingerprint density at radius 2 is 2.08 bits per heavy atom. The van der Waals surface area contributed by atoms with Crippen molar-refractivity contribution in [3.63, 3.8) is 0 Å². The van der Waals surface area contributed by atoms with Crippen molar-refractivity contribution in [3.05, 3.63) is 22.2 Å². The highest BCUT2D eigenvalue weighted by molar-refractivity contribution is 7.71. The van der Waals surface area contributed by atoms with E-state index in [1.54, 1.807) is 0 Å². The number of aromatic nitrogens is 2. The average Bonchev–Trinajstić information content (AvgIpc) is 2.28. The monoisotopic (exact) mass is 180 g/mol. The summed E-state index contributed by atoms with van der Waals surface area (Å²) in [6.45, 7) is 0. The molecule has 0 fully saturated rings. The van der Waals surface area contributed by atoms with Crippen LogP contribution in [-0.2, 0) is 12.8 Å².